The Bertz CT molecular complexity index is 1140. The Morgan fingerprint density at radius 3 is 2.10 bits per heavy atom. The van der Waals surface area contributed by atoms with Gasteiger partial charge in [0.05, 0.1) is 27.0 Å². The maximum absolute atomic E-state index is 13.4. The summed E-state index contributed by atoms with van der Waals surface area (Å²) in [5.74, 6) is 0.121. The van der Waals surface area contributed by atoms with Gasteiger partial charge in [0, 0.05) is 29.1 Å². The van der Waals surface area contributed by atoms with E-state index in [0.29, 0.717) is 22.6 Å². The van der Waals surface area contributed by atoms with Crippen molar-refractivity contribution in [1.29, 1.82) is 0 Å². The monoisotopic (exact) mass is 447 g/mol. The maximum atomic E-state index is 13.4. The van der Waals surface area contributed by atoms with Crippen LogP contribution in [0.1, 0.15) is 15.2 Å². The molecule has 9 heteroatoms. The Morgan fingerprint density at radius 1 is 0.967 bits per heavy atom. The molecule has 1 heterocycles. The summed E-state index contributed by atoms with van der Waals surface area (Å²) < 4.78 is 44.5. The molecular formula is C21H21NO6S2. The minimum absolute atomic E-state index is 0.00423. The van der Waals surface area contributed by atoms with Crippen molar-refractivity contribution in [2.45, 2.75) is 11.8 Å². The van der Waals surface area contributed by atoms with Gasteiger partial charge in [-0.3, -0.25) is 4.72 Å². The highest BCUT2D eigenvalue weighted by Gasteiger charge is 2.30. The standard InChI is InChI=1S/C21H21NO6S2/c1-13-5-7-14(8-6-13)18-12-29-19(21(23)28-4)20(18)30(24,25)22-15-9-16(26-2)11-17(10-15)27-3/h5-12,22H,1-4H3. The van der Waals surface area contributed by atoms with Gasteiger partial charge in [-0.25, -0.2) is 13.2 Å². The van der Waals surface area contributed by atoms with Crippen molar-refractivity contribution in [2.24, 2.45) is 0 Å². The van der Waals surface area contributed by atoms with Gasteiger partial charge in [0.25, 0.3) is 10.0 Å². The summed E-state index contributed by atoms with van der Waals surface area (Å²) in [5.41, 5.74) is 2.37. The fourth-order valence-electron chi connectivity index (χ4n) is 2.85. The van der Waals surface area contributed by atoms with Crippen LogP contribution in [0.3, 0.4) is 0 Å². The van der Waals surface area contributed by atoms with Crippen molar-refractivity contribution >= 4 is 33.0 Å². The van der Waals surface area contributed by atoms with Crippen molar-refractivity contribution in [1.82, 2.24) is 0 Å². The lowest BCUT2D eigenvalue weighted by Gasteiger charge is -2.13. The molecule has 0 saturated carbocycles. The Hall–Kier alpha value is -3.04. The molecule has 0 unspecified atom stereocenters. The summed E-state index contributed by atoms with van der Waals surface area (Å²) in [6.45, 7) is 1.94. The first-order valence-electron chi connectivity index (χ1n) is 8.81. The number of carbonyl (C=O) groups is 1. The largest absolute Gasteiger partial charge is 0.497 e. The van der Waals surface area contributed by atoms with Crippen LogP contribution in [-0.4, -0.2) is 35.7 Å². The van der Waals surface area contributed by atoms with Gasteiger partial charge in [-0.1, -0.05) is 29.8 Å². The average molecular weight is 448 g/mol. The molecule has 7 nitrogen and oxygen atoms in total. The van der Waals surface area contributed by atoms with Gasteiger partial charge in [-0.2, -0.15) is 0 Å². The third-order valence-corrected chi connectivity index (χ3v) is 6.91. The highest BCUT2D eigenvalue weighted by molar-refractivity contribution is 7.93. The van der Waals surface area contributed by atoms with Gasteiger partial charge < -0.3 is 14.2 Å². The Morgan fingerprint density at radius 2 is 1.57 bits per heavy atom. The van der Waals surface area contributed by atoms with Crippen molar-refractivity contribution in [3.05, 3.63) is 58.3 Å². The molecule has 0 atom stereocenters. The minimum atomic E-state index is -4.15. The van der Waals surface area contributed by atoms with Crippen LogP contribution in [0.25, 0.3) is 11.1 Å². The molecule has 1 aromatic heterocycles. The molecule has 0 aliphatic carbocycles. The number of thiophene rings is 1. The van der Waals surface area contributed by atoms with Gasteiger partial charge in [0.2, 0.25) is 0 Å². The van der Waals surface area contributed by atoms with Crippen LogP contribution in [0, 0.1) is 6.92 Å². The third kappa shape index (κ3) is 4.42. The first kappa shape index (κ1) is 21.7. The van der Waals surface area contributed by atoms with Gasteiger partial charge >= 0.3 is 5.97 Å². The van der Waals surface area contributed by atoms with Gasteiger partial charge in [-0.15, -0.1) is 11.3 Å². The van der Waals surface area contributed by atoms with Crippen molar-refractivity contribution in [3.63, 3.8) is 0 Å². The second-order valence-electron chi connectivity index (χ2n) is 6.37. The number of ether oxygens (including phenoxy) is 3. The second kappa shape index (κ2) is 8.76. The molecular weight excluding hydrogens is 426 g/mol. The molecule has 0 aliphatic rings. The number of esters is 1. The third-order valence-electron chi connectivity index (χ3n) is 4.35. The molecule has 0 aliphatic heterocycles. The lowest BCUT2D eigenvalue weighted by atomic mass is 10.1. The van der Waals surface area contributed by atoms with Crippen LogP contribution < -0.4 is 14.2 Å². The van der Waals surface area contributed by atoms with Gasteiger partial charge in [0.15, 0.2) is 0 Å². The highest BCUT2D eigenvalue weighted by Crippen LogP contribution is 2.37. The first-order valence-corrected chi connectivity index (χ1v) is 11.2. The number of benzene rings is 2. The zero-order chi connectivity index (χ0) is 21.9. The van der Waals surface area contributed by atoms with E-state index in [9.17, 15) is 13.2 Å². The highest BCUT2D eigenvalue weighted by atomic mass is 32.2. The van der Waals surface area contributed by atoms with E-state index in [0.717, 1.165) is 16.9 Å². The molecule has 0 radical (unpaired) electrons. The summed E-state index contributed by atoms with van der Waals surface area (Å²) in [4.78, 5) is 12.2. The zero-order valence-corrected chi connectivity index (χ0v) is 18.5. The number of sulfonamides is 1. The average Bonchev–Trinajstić information content (AvgIpc) is 3.19. The molecule has 0 spiro atoms. The summed E-state index contributed by atoms with van der Waals surface area (Å²) >= 11 is 1.02. The molecule has 2 aromatic carbocycles. The molecule has 1 N–H and O–H groups in total. The van der Waals surface area contributed by atoms with Crippen molar-refractivity contribution in [3.8, 4) is 22.6 Å². The van der Waals surface area contributed by atoms with Crippen LogP contribution in [0.15, 0.2) is 52.7 Å². The van der Waals surface area contributed by atoms with Crippen molar-refractivity contribution < 1.29 is 27.4 Å². The van der Waals surface area contributed by atoms with Crippen LogP contribution in [0.2, 0.25) is 0 Å². The molecule has 30 heavy (non-hydrogen) atoms. The quantitative estimate of drug-likeness (QED) is 0.542. The van der Waals surface area contributed by atoms with E-state index in [2.05, 4.69) is 4.72 Å². The van der Waals surface area contributed by atoms with E-state index in [-0.39, 0.29) is 15.5 Å². The number of nitrogens with one attached hydrogen (secondary N) is 1. The van der Waals surface area contributed by atoms with Crippen LogP contribution >= 0.6 is 11.3 Å². The summed E-state index contributed by atoms with van der Waals surface area (Å²) in [7, 11) is 0.00455. The van der Waals surface area contributed by atoms with E-state index >= 15 is 0 Å². The number of anilines is 1. The van der Waals surface area contributed by atoms with Crippen LogP contribution in [-0.2, 0) is 14.8 Å². The first-order chi connectivity index (χ1) is 14.3. The normalized spacial score (nSPS) is 11.1. The number of rotatable bonds is 7. The lowest BCUT2D eigenvalue weighted by Crippen LogP contribution is -2.17. The summed E-state index contributed by atoms with van der Waals surface area (Å²) in [5, 5.41) is 1.64. The Kier molecular flexibility index (Phi) is 6.33. The fraction of sp³-hybridized carbons (Fsp3) is 0.190. The summed E-state index contributed by atoms with van der Waals surface area (Å²) in [6, 6.07) is 12.0. The van der Waals surface area contributed by atoms with E-state index in [1.165, 1.54) is 33.5 Å². The Labute approximate surface area is 179 Å². The van der Waals surface area contributed by atoms with Crippen LogP contribution in [0.5, 0.6) is 11.5 Å². The SMILES string of the molecule is COC(=O)c1scc(-c2ccc(C)cc2)c1S(=O)(=O)Nc1cc(OC)cc(OC)c1. The summed E-state index contributed by atoms with van der Waals surface area (Å²) in [6.07, 6.45) is 0. The number of aryl methyl sites for hydroxylation is 1. The number of methoxy groups -OCH3 is 3. The van der Waals surface area contributed by atoms with Crippen molar-refractivity contribution in [2.75, 3.05) is 26.1 Å². The van der Waals surface area contributed by atoms with Gasteiger partial charge in [-0.05, 0) is 12.5 Å². The molecule has 0 saturated heterocycles. The van der Waals surface area contributed by atoms with E-state index in [4.69, 9.17) is 14.2 Å². The number of hydrogen-bond donors (Lipinski definition) is 1. The molecule has 3 aromatic rings. The minimum Gasteiger partial charge on any atom is -0.497 e. The predicted octanol–water partition coefficient (Wildman–Crippen LogP) is 4.33. The molecule has 0 bridgehead atoms. The zero-order valence-electron chi connectivity index (χ0n) is 16.9. The van der Waals surface area contributed by atoms with E-state index < -0.39 is 16.0 Å². The lowest BCUT2D eigenvalue weighted by molar-refractivity contribution is 0.0602. The molecule has 0 fully saturated rings. The molecule has 158 valence electrons. The second-order valence-corrected chi connectivity index (χ2v) is 8.87. The Balaban J connectivity index is 2.13. The number of carbonyl (C=O) groups excluding carboxylic acids is 1. The molecule has 3 rings (SSSR count). The van der Waals surface area contributed by atoms with E-state index in [1.54, 1.807) is 11.4 Å². The smallest absolute Gasteiger partial charge is 0.349 e. The molecule has 0 amide bonds. The van der Waals surface area contributed by atoms with E-state index in [1.807, 2.05) is 31.2 Å². The van der Waals surface area contributed by atoms with Crippen LogP contribution in [0.4, 0.5) is 5.69 Å². The fourth-order valence-corrected chi connectivity index (χ4v) is 5.61. The maximum Gasteiger partial charge on any atom is 0.349 e. The van der Waals surface area contributed by atoms with Gasteiger partial charge in [0.1, 0.15) is 21.3 Å². The predicted molar refractivity (Wildman–Crippen MR) is 116 cm³/mol. The number of hydrogen-bond acceptors (Lipinski definition) is 7. The topological polar surface area (TPSA) is 90.9 Å².